The van der Waals surface area contributed by atoms with Gasteiger partial charge in [0.15, 0.2) is 0 Å². The van der Waals surface area contributed by atoms with Gasteiger partial charge in [-0.25, -0.2) is 4.98 Å². The van der Waals surface area contributed by atoms with Crippen LogP contribution >= 0.6 is 0 Å². The number of aromatic hydroxyl groups is 1. The fraction of sp³-hybridized carbons (Fsp3) is 0.143. The van der Waals surface area contributed by atoms with Crippen molar-refractivity contribution in [3.05, 3.63) is 35.3 Å². The molecule has 3 rings (SSSR count). The molecule has 96 valence electrons. The van der Waals surface area contributed by atoms with Gasteiger partial charge >= 0.3 is 0 Å². The van der Waals surface area contributed by atoms with E-state index in [1.165, 1.54) is 0 Å². The summed E-state index contributed by atoms with van der Waals surface area (Å²) >= 11 is 0. The summed E-state index contributed by atoms with van der Waals surface area (Å²) in [4.78, 5) is 8.62. The first kappa shape index (κ1) is 11.5. The third-order valence-electron chi connectivity index (χ3n) is 3.31. The van der Waals surface area contributed by atoms with Crippen LogP contribution in [0.2, 0.25) is 0 Å². The Balaban J connectivity index is 2.13. The predicted octanol–water partition coefficient (Wildman–Crippen LogP) is 2.27. The van der Waals surface area contributed by atoms with E-state index in [9.17, 15) is 5.11 Å². The Morgan fingerprint density at radius 3 is 2.84 bits per heavy atom. The van der Waals surface area contributed by atoms with Crippen LogP contribution in [0, 0.1) is 6.92 Å². The Morgan fingerprint density at radius 1 is 1.37 bits per heavy atom. The molecule has 19 heavy (non-hydrogen) atoms. The maximum atomic E-state index is 9.98. The number of nitrogen functional groups attached to an aromatic ring is 1. The van der Waals surface area contributed by atoms with Crippen LogP contribution in [0.25, 0.3) is 11.6 Å². The number of allylic oxidation sites excluding steroid dienone is 1. The van der Waals surface area contributed by atoms with Gasteiger partial charge in [-0.3, -0.25) is 4.99 Å². The summed E-state index contributed by atoms with van der Waals surface area (Å²) in [6, 6.07) is 5.62. The van der Waals surface area contributed by atoms with Crippen molar-refractivity contribution in [1.82, 2.24) is 9.55 Å². The number of nitrogens with two attached hydrogens (primary N) is 1. The molecule has 5 heteroatoms. The average Bonchev–Trinajstić information content (AvgIpc) is 2.89. The molecule has 0 radical (unpaired) electrons. The molecular weight excluding hydrogens is 240 g/mol. The Kier molecular flexibility index (Phi) is 2.41. The van der Waals surface area contributed by atoms with Gasteiger partial charge in [-0.2, -0.15) is 0 Å². The number of anilines is 1. The summed E-state index contributed by atoms with van der Waals surface area (Å²) in [6.45, 7) is 1.84. The average molecular weight is 254 g/mol. The lowest BCUT2D eigenvalue weighted by Crippen LogP contribution is -1.91. The minimum atomic E-state index is 0.140. The molecule has 1 aromatic carbocycles. The number of imidazole rings is 1. The van der Waals surface area contributed by atoms with Gasteiger partial charge in [0.2, 0.25) is 5.88 Å². The zero-order valence-corrected chi connectivity index (χ0v) is 10.8. The third-order valence-corrected chi connectivity index (χ3v) is 3.31. The van der Waals surface area contributed by atoms with E-state index < -0.39 is 0 Å². The number of aliphatic imine (C=N–C) groups is 1. The van der Waals surface area contributed by atoms with E-state index in [0.29, 0.717) is 11.4 Å². The normalized spacial score (nSPS) is 15.2. The molecular formula is C14H14N4O. The first-order valence-corrected chi connectivity index (χ1v) is 5.95. The van der Waals surface area contributed by atoms with E-state index in [2.05, 4.69) is 9.98 Å². The number of nitrogens with zero attached hydrogens (tertiary/aromatic N) is 3. The van der Waals surface area contributed by atoms with Crippen LogP contribution < -0.4 is 5.73 Å². The minimum absolute atomic E-state index is 0.140. The summed E-state index contributed by atoms with van der Waals surface area (Å²) < 4.78 is 1.63. The molecule has 2 heterocycles. The molecule has 1 aromatic heterocycles. The molecule has 0 bridgehead atoms. The Labute approximate surface area is 110 Å². The monoisotopic (exact) mass is 254 g/mol. The van der Waals surface area contributed by atoms with Crippen molar-refractivity contribution in [3.63, 3.8) is 0 Å². The zero-order chi connectivity index (χ0) is 13.6. The van der Waals surface area contributed by atoms with Gasteiger partial charge in [0.1, 0.15) is 11.5 Å². The van der Waals surface area contributed by atoms with E-state index >= 15 is 0 Å². The first-order chi connectivity index (χ1) is 9.08. The molecule has 0 spiro atoms. The smallest absolute Gasteiger partial charge is 0.218 e. The Hall–Kier alpha value is -2.56. The molecule has 5 nitrogen and oxygen atoms in total. The lowest BCUT2D eigenvalue weighted by molar-refractivity contribution is 0.429. The lowest BCUT2D eigenvalue weighted by Gasteiger charge is -2.03. The van der Waals surface area contributed by atoms with E-state index in [0.717, 1.165) is 22.6 Å². The maximum absolute atomic E-state index is 9.98. The van der Waals surface area contributed by atoms with Gasteiger partial charge in [-0.1, -0.05) is 6.07 Å². The number of benzene rings is 1. The molecule has 0 aliphatic carbocycles. The standard InChI is InChI=1S/C14H14N4O/c1-8-17-12(14(19)18(8)2)6-9-7-16-11-5-3-4-10(15)13(9)11/h3-7,19H,15H2,1-2H3/b9-6+. The zero-order valence-electron chi connectivity index (χ0n) is 10.8. The van der Waals surface area contributed by atoms with Gasteiger partial charge in [0.25, 0.3) is 0 Å². The first-order valence-electron chi connectivity index (χ1n) is 5.95. The highest BCUT2D eigenvalue weighted by atomic mass is 16.3. The van der Waals surface area contributed by atoms with Crippen LogP contribution in [0.3, 0.4) is 0 Å². The molecule has 0 atom stereocenters. The highest BCUT2D eigenvalue weighted by molar-refractivity contribution is 6.23. The van der Waals surface area contributed by atoms with Crippen molar-refractivity contribution >= 4 is 29.2 Å². The molecule has 0 fully saturated rings. The fourth-order valence-electron chi connectivity index (χ4n) is 2.16. The van der Waals surface area contributed by atoms with E-state index in [1.807, 2.05) is 25.1 Å². The van der Waals surface area contributed by atoms with Crippen LogP contribution in [-0.2, 0) is 7.05 Å². The van der Waals surface area contributed by atoms with Crippen LogP contribution in [0.4, 0.5) is 11.4 Å². The van der Waals surface area contributed by atoms with Gasteiger partial charge in [0, 0.05) is 30.1 Å². The molecule has 0 saturated carbocycles. The van der Waals surface area contributed by atoms with Crippen molar-refractivity contribution in [3.8, 4) is 5.88 Å². The maximum Gasteiger partial charge on any atom is 0.218 e. The molecule has 0 saturated heterocycles. The second-order valence-electron chi connectivity index (χ2n) is 4.53. The van der Waals surface area contributed by atoms with E-state index in [-0.39, 0.29) is 5.88 Å². The van der Waals surface area contributed by atoms with Crippen LogP contribution in [-0.4, -0.2) is 20.9 Å². The lowest BCUT2D eigenvalue weighted by atomic mass is 10.0. The Bertz CT molecular complexity index is 725. The summed E-state index contributed by atoms with van der Waals surface area (Å²) in [7, 11) is 1.77. The minimum Gasteiger partial charge on any atom is -0.493 e. The number of hydrogen-bond donors (Lipinski definition) is 2. The third kappa shape index (κ3) is 1.71. The molecule has 3 N–H and O–H groups in total. The SMILES string of the molecule is Cc1nc(/C=C2\C=Nc3cccc(N)c32)c(O)n1C. The predicted molar refractivity (Wildman–Crippen MR) is 76.5 cm³/mol. The summed E-state index contributed by atoms with van der Waals surface area (Å²) in [5, 5.41) is 9.98. The number of aryl methyl sites for hydroxylation is 1. The van der Waals surface area contributed by atoms with Gasteiger partial charge < -0.3 is 15.4 Å². The van der Waals surface area contributed by atoms with Crippen molar-refractivity contribution in [2.45, 2.75) is 6.92 Å². The van der Waals surface area contributed by atoms with Gasteiger partial charge in [-0.05, 0) is 25.1 Å². The second-order valence-corrected chi connectivity index (χ2v) is 4.53. The summed E-state index contributed by atoms with van der Waals surface area (Å²) in [5.74, 6) is 0.891. The quantitative estimate of drug-likeness (QED) is 0.766. The fourth-order valence-corrected chi connectivity index (χ4v) is 2.16. The molecule has 1 aliphatic rings. The number of fused-ring (bicyclic) bond motifs is 1. The van der Waals surface area contributed by atoms with Crippen molar-refractivity contribution in [2.75, 3.05) is 5.73 Å². The van der Waals surface area contributed by atoms with Gasteiger partial charge in [-0.15, -0.1) is 0 Å². The van der Waals surface area contributed by atoms with Crippen LogP contribution in [0.15, 0.2) is 23.2 Å². The van der Waals surface area contributed by atoms with Crippen LogP contribution in [0.1, 0.15) is 17.1 Å². The molecule has 2 aromatic rings. The molecule has 0 amide bonds. The second kappa shape index (κ2) is 3.98. The van der Waals surface area contributed by atoms with Crippen molar-refractivity contribution < 1.29 is 5.11 Å². The summed E-state index contributed by atoms with van der Waals surface area (Å²) in [6.07, 6.45) is 3.54. The number of hydrogen-bond acceptors (Lipinski definition) is 4. The van der Waals surface area contributed by atoms with Crippen LogP contribution in [0.5, 0.6) is 5.88 Å². The number of rotatable bonds is 1. The summed E-state index contributed by atoms with van der Waals surface area (Å²) in [5.41, 5.74) is 9.78. The van der Waals surface area contributed by atoms with Crippen molar-refractivity contribution in [1.29, 1.82) is 0 Å². The highest BCUT2D eigenvalue weighted by Crippen LogP contribution is 2.37. The van der Waals surface area contributed by atoms with E-state index in [4.69, 9.17) is 5.73 Å². The molecule has 0 unspecified atom stereocenters. The molecule has 1 aliphatic heterocycles. The van der Waals surface area contributed by atoms with Gasteiger partial charge in [0.05, 0.1) is 5.69 Å². The topological polar surface area (TPSA) is 76.4 Å². The Morgan fingerprint density at radius 2 is 2.16 bits per heavy atom. The largest absolute Gasteiger partial charge is 0.493 e. The highest BCUT2D eigenvalue weighted by Gasteiger charge is 2.17. The number of aromatic nitrogens is 2. The van der Waals surface area contributed by atoms with E-state index in [1.54, 1.807) is 23.9 Å². The van der Waals surface area contributed by atoms with Crippen molar-refractivity contribution in [2.24, 2.45) is 12.0 Å².